The van der Waals surface area contributed by atoms with Gasteiger partial charge in [-0.3, -0.25) is 4.79 Å². The summed E-state index contributed by atoms with van der Waals surface area (Å²) in [5, 5.41) is 0. The monoisotopic (exact) mass is 324 g/mol. The number of ketones is 1. The van der Waals surface area contributed by atoms with Gasteiger partial charge in [-0.1, -0.05) is 36.4 Å². The first kappa shape index (κ1) is 16.1. The number of Topliss-reactive ketones (excluding diaryl/α,β-unsaturated/α-hetero) is 1. The van der Waals surface area contributed by atoms with Crippen LogP contribution in [0.5, 0.6) is 11.5 Å². The molecule has 2 aromatic rings. The number of para-hydroxylation sites is 2. The molecular formula is C20H20O4. The molecule has 0 aliphatic heterocycles. The predicted octanol–water partition coefficient (Wildman–Crippen LogP) is 4.12. The van der Waals surface area contributed by atoms with Crippen molar-refractivity contribution >= 4 is 5.78 Å². The number of carbonyl (C=O) groups is 1. The van der Waals surface area contributed by atoms with Gasteiger partial charge in [0.25, 0.3) is 0 Å². The molecule has 1 aliphatic rings. The fourth-order valence-electron chi connectivity index (χ4n) is 2.87. The molecule has 4 nitrogen and oxygen atoms in total. The van der Waals surface area contributed by atoms with E-state index in [1.54, 1.807) is 6.92 Å². The summed E-state index contributed by atoms with van der Waals surface area (Å²) in [7, 11) is 1.54. The summed E-state index contributed by atoms with van der Waals surface area (Å²) >= 11 is 0. The Labute approximate surface area is 141 Å². The molecule has 0 saturated carbocycles. The zero-order valence-corrected chi connectivity index (χ0v) is 13.8. The second kappa shape index (κ2) is 6.79. The van der Waals surface area contributed by atoms with E-state index in [1.165, 1.54) is 7.11 Å². The van der Waals surface area contributed by atoms with Crippen LogP contribution in [-0.4, -0.2) is 18.7 Å². The van der Waals surface area contributed by atoms with Crippen molar-refractivity contribution in [2.75, 3.05) is 7.11 Å². The normalized spacial score (nSPS) is 16.7. The molecule has 24 heavy (non-hydrogen) atoms. The third-order valence-corrected chi connectivity index (χ3v) is 4.04. The zero-order chi connectivity index (χ0) is 17.0. The Morgan fingerprint density at radius 1 is 0.875 bits per heavy atom. The first-order valence-corrected chi connectivity index (χ1v) is 7.91. The van der Waals surface area contributed by atoms with E-state index in [1.807, 2.05) is 60.7 Å². The van der Waals surface area contributed by atoms with Gasteiger partial charge in [0.2, 0.25) is 0 Å². The topological polar surface area (TPSA) is 44.8 Å². The Bertz CT molecular complexity index is 693. The highest BCUT2D eigenvalue weighted by Gasteiger charge is 2.47. The molecule has 0 radical (unpaired) electrons. The fraction of sp³-hybridized carbons (Fsp3) is 0.250. The van der Waals surface area contributed by atoms with E-state index in [0.29, 0.717) is 35.7 Å². The van der Waals surface area contributed by atoms with Crippen molar-refractivity contribution < 1.29 is 19.0 Å². The van der Waals surface area contributed by atoms with Gasteiger partial charge in [-0.15, -0.1) is 0 Å². The fourth-order valence-corrected chi connectivity index (χ4v) is 2.87. The van der Waals surface area contributed by atoms with Crippen molar-refractivity contribution in [1.29, 1.82) is 0 Å². The Morgan fingerprint density at radius 3 is 1.83 bits per heavy atom. The minimum absolute atomic E-state index is 0.0517. The van der Waals surface area contributed by atoms with Crippen molar-refractivity contribution in [3.63, 3.8) is 0 Å². The Balaban J connectivity index is 2.05. The van der Waals surface area contributed by atoms with Gasteiger partial charge >= 0.3 is 5.79 Å². The third-order valence-electron chi connectivity index (χ3n) is 4.04. The van der Waals surface area contributed by atoms with Crippen LogP contribution >= 0.6 is 0 Å². The molecule has 0 N–H and O–H groups in total. The van der Waals surface area contributed by atoms with Crippen LogP contribution in [0.25, 0.3) is 0 Å². The van der Waals surface area contributed by atoms with Crippen LogP contribution in [0.4, 0.5) is 0 Å². The molecule has 0 atom stereocenters. The van der Waals surface area contributed by atoms with Crippen LogP contribution in [0, 0.1) is 0 Å². The van der Waals surface area contributed by atoms with Crippen molar-refractivity contribution in [2.24, 2.45) is 0 Å². The first-order valence-electron chi connectivity index (χ1n) is 7.91. The van der Waals surface area contributed by atoms with Gasteiger partial charge in [-0.25, -0.2) is 0 Å². The molecule has 124 valence electrons. The van der Waals surface area contributed by atoms with E-state index in [9.17, 15) is 4.79 Å². The van der Waals surface area contributed by atoms with Crippen LogP contribution in [0.3, 0.4) is 0 Å². The van der Waals surface area contributed by atoms with Gasteiger partial charge in [-0.2, -0.15) is 0 Å². The summed E-state index contributed by atoms with van der Waals surface area (Å²) < 4.78 is 18.0. The van der Waals surface area contributed by atoms with Gasteiger partial charge in [0, 0.05) is 18.4 Å². The maximum atomic E-state index is 12.1. The highest BCUT2D eigenvalue weighted by molar-refractivity contribution is 5.96. The first-order chi connectivity index (χ1) is 11.6. The second-order valence-corrected chi connectivity index (χ2v) is 5.66. The standard InChI is InChI=1S/C20H20O4/c1-15-18(21)13-14-20(19(15)22-2,23-16-9-5-3-6-10-16)24-17-11-7-4-8-12-17/h3-12H,13-14H2,1-2H3. The van der Waals surface area contributed by atoms with Crippen LogP contribution in [-0.2, 0) is 9.53 Å². The van der Waals surface area contributed by atoms with E-state index in [0.717, 1.165) is 0 Å². The maximum Gasteiger partial charge on any atom is 0.310 e. The molecule has 0 unspecified atom stereocenters. The number of ether oxygens (including phenoxy) is 3. The SMILES string of the molecule is COC1=C(C)C(=O)CCC1(Oc1ccccc1)Oc1ccccc1. The summed E-state index contributed by atoms with van der Waals surface area (Å²) in [6, 6.07) is 18.8. The van der Waals surface area contributed by atoms with Gasteiger partial charge in [0.15, 0.2) is 11.5 Å². The average molecular weight is 324 g/mol. The lowest BCUT2D eigenvalue weighted by molar-refractivity contribution is -0.139. The molecule has 0 heterocycles. The van der Waals surface area contributed by atoms with E-state index >= 15 is 0 Å². The molecule has 0 saturated heterocycles. The molecule has 0 amide bonds. The van der Waals surface area contributed by atoms with E-state index in [-0.39, 0.29) is 5.78 Å². The summed E-state index contributed by atoms with van der Waals surface area (Å²) in [5.74, 6) is 0.632. The minimum atomic E-state index is -1.16. The molecule has 1 aliphatic carbocycles. The molecule has 0 bridgehead atoms. The summed E-state index contributed by atoms with van der Waals surface area (Å²) in [6.07, 6.45) is 0.731. The second-order valence-electron chi connectivity index (χ2n) is 5.66. The van der Waals surface area contributed by atoms with Crippen molar-refractivity contribution in [3.8, 4) is 11.5 Å². The highest BCUT2D eigenvalue weighted by Crippen LogP contribution is 2.38. The zero-order valence-electron chi connectivity index (χ0n) is 13.8. The largest absolute Gasteiger partial charge is 0.493 e. The smallest absolute Gasteiger partial charge is 0.310 e. The lowest BCUT2D eigenvalue weighted by atomic mass is 9.92. The predicted molar refractivity (Wildman–Crippen MR) is 90.8 cm³/mol. The molecule has 2 aromatic carbocycles. The highest BCUT2D eigenvalue weighted by atomic mass is 16.7. The van der Waals surface area contributed by atoms with E-state index in [4.69, 9.17) is 14.2 Å². The molecule has 0 fully saturated rings. The summed E-state index contributed by atoms with van der Waals surface area (Å²) in [6.45, 7) is 1.75. The number of hydrogen-bond acceptors (Lipinski definition) is 4. The molecule has 4 heteroatoms. The quantitative estimate of drug-likeness (QED) is 0.776. The van der Waals surface area contributed by atoms with Crippen LogP contribution in [0.1, 0.15) is 19.8 Å². The van der Waals surface area contributed by atoms with E-state index < -0.39 is 5.79 Å². The number of hydrogen-bond donors (Lipinski definition) is 0. The van der Waals surface area contributed by atoms with Crippen molar-refractivity contribution in [2.45, 2.75) is 25.6 Å². The van der Waals surface area contributed by atoms with Gasteiger partial charge in [-0.05, 0) is 31.2 Å². The summed E-state index contributed by atoms with van der Waals surface area (Å²) in [5.41, 5.74) is 0.538. The Hall–Kier alpha value is -2.75. The Kier molecular flexibility index (Phi) is 4.56. The van der Waals surface area contributed by atoms with Crippen LogP contribution in [0.15, 0.2) is 72.0 Å². The molecule has 3 rings (SSSR count). The van der Waals surface area contributed by atoms with Crippen LogP contribution in [0.2, 0.25) is 0 Å². The van der Waals surface area contributed by atoms with Gasteiger partial charge < -0.3 is 14.2 Å². The van der Waals surface area contributed by atoms with Crippen molar-refractivity contribution in [1.82, 2.24) is 0 Å². The lowest BCUT2D eigenvalue weighted by Crippen LogP contribution is -2.48. The minimum Gasteiger partial charge on any atom is -0.493 e. The number of carbonyl (C=O) groups excluding carboxylic acids is 1. The van der Waals surface area contributed by atoms with Gasteiger partial charge in [0.05, 0.1) is 7.11 Å². The third kappa shape index (κ3) is 3.13. The number of rotatable bonds is 5. The number of benzene rings is 2. The number of methoxy groups -OCH3 is 1. The molecular weight excluding hydrogens is 304 g/mol. The average Bonchev–Trinajstić information content (AvgIpc) is 2.61. The number of allylic oxidation sites excluding steroid dienone is 1. The van der Waals surface area contributed by atoms with Crippen LogP contribution < -0.4 is 9.47 Å². The summed E-state index contributed by atoms with van der Waals surface area (Å²) in [4.78, 5) is 12.1. The molecule has 0 aromatic heterocycles. The molecule has 0 spiro atoms. The lowest BCUT2D eigenvalue weighted by Gasteiger charge is -2.38. The van der Waals surface area contributed by atoms with Gasteiger partial charge in [0.1, 0.15) is 11.5 Å². The Morgan fingerprint density at radius 2 is 1.38 bits per heavy atom. The van der Waals surface area contributed by atoms with Crippen molar-refractivity contribution in [3.05, 3.63) is 72.0 Å². The maximum absolute atomic E-state index is 12.1. The van der Waals surface area contributed by atoms with E-state index in [2.05, 4.69) is 0 Å².